The summed E-state index contributed by atoms with van der Waals surface area (Å²) in [5, 5.41) is 0. The normalized spacial score (nSPS) is 22.7. The van der Waals surface area contributed by atoms with Crippen LogP contribution in [0.25, 0.3) is 0 Å². The standard InChI is InChI=1S/C7H6BrNO/c8-5-2-1-3-9-7(5)6-4-10-6/h1-3,6H,4H2/t6-/m1/s1. The summed E-state index contributed by atoms with van der Waals surface area (Å²) in [5.74, 6) is 0. The Hall–Kier alpha value is -0.410. The third-order valence-electron chi connectivity index (χ3n) is 1.43. The van der Waals surface area contributed by atoms with Crippen LogP contribution in [0.4, 0.5) is 0 Å². The monoisotopic (exact) mass is 199 g/mol. The van der Waals surface area contributed by atoms with Gasteiger partial charge in [-0.3, -0.25) is 4.98 Å². The molecular formula is C7H6BrNO. The van der Waals surface area contributed by atoms with E-state index in [0.29, 0.717) is 0 Å². The topological polar surface area (TPSA) is 25.4 Å². The van der Waals surface area contributed by atoms with Crippen LogP contribution in [-0.2, 0) is 4.74 Å². The van der Waals surface area contributed by atoms with Gasteiger partial charge in [-0.2, -0.15) is 0 Å². The molecule has 2 nitrogen and oxygen atoms in total. The van der Waals surface area contributed by atoms with Crippen molar-refractivity contribution in [2.24, 2.45) is 0 Å². The highest BCUT2D eigenvalue weighted by atomic mass is 79.9. The fraction of sp³-hybridized carbons (Fsp3) is 0.286. The Kier molecular flexibility index (Phi) is 1.47. The average molecular weight is 200 g/mol. The minimum absolute atomic E-state index is 0.246. The lowest BCUT2D eigenvalue weighted by atomic mass is 10.3. The first-order valence-corrected chi connectivity index (χ1v) is 3.89. The lowest BCUT2D eigenvalue weighted by Gasteiger charge is -1.95. The molecule has 0 aliphatic carbocycles. The molecule has 10 heavy (non-hydrogen) atoms. The first kappa shape index (κ1) is 6.31. The van der Waals surface area contributed by atoms with E-state index in [1.807, 2.05) is 12.1 Å². The third-order valence-corrected chi connectivity index (χ3v) is 2.10. The molecule has 0 spiro atoms. The van der Waals surface area contributed by atoms with Gasteiger partial charge in [0.25, 0.3) is 0 Å². The molecule has 0 saturated carbocycles. The van der Waals surface area contributed by atoms with Crippen LogP contribution in [0, 0.1) is 0 Å². The predicted molar refractivity (Wildman–Crippen MR) is 40.6 cm³/mol. The maximum atomic E-state index is 5.08. The number of hydrogen-bond acceptors (Lipinski definition) is 2. The molecule has 2 heterocycles. The van der Waals surface area contributed by atoms with Crippen molar-refractivity contribution in [1.29, 1.82) is 0 Å². The van der Waals surface area contributed by atoms with Crippen LogP contribution in [0.15, 0.2) is 22.8 Å². The fourth-order valence-corrected chi connectivity index (χ4v) is 1.35. The van der Waals surface area contributed by atoms with E-state index >= 15 is 0 Å². The summed E-state index contributed by atoms with van der Waals surface area (Å²) in [4.78, 5) is 4.17. The Labute approximate surface area is 67.4 Å². The van der Waals surface area contributed by atoms with Crippen LogP contribution in [0.5, 0.6) is 0 Å². The molecule has 1 aromatic rings. The molecule has 3 heteroatoms. The molecule has 0 unspecified atom stereocenters. The van der Waals surface area contributed by atoms with E-state index in [4.69, 9.17) is 4.74 Å². The maximum absolute atomic E-state index is 5.08. The predicted octanol–water partition coefficient (Wildman–Crippen LogP) is 1.92. The summed E-state index contributed by atoms with van der Waals surface area (Å²) >= 11 is 3.39. The van der Waals surface area contributed by atoms with E-state index < -0.39 is 0 Å². The molecular weight excluding hydrogens is 194 g/mol. The van der Waals surface area contributed by atoms with Gasteiger partial charge in [-0.1, -0.05) is 0 Å². The Morgan fingerprint density at radius 2 is 2.50 bits per heavy atom. The summed E-state index contributed by atoms with van der Waals surface area (Å²) in [7, 11) is 0. The highest BCUT2D eigenvalue weighted by Gasteiger charge is 2.27. The molecule has 2 rings (SSSR count). The van der Waals surface area contributed by atoms with Gasteiger partial charge in [-0.05, 0) is 28.1 Å². The number of hydrogen-bond donors (Lipinski definition) is 0. The molecule has 1 atom stereocenters. The van der Waals surface area contributed by atoms with E-state index in [9.17, 15) is 0 Å². The molecule has 0 N–H and O–H groups in total. The van der Waals surface area contributed by atoms with Crippen molar-refractivity contribution in [3.8, 4) is 0 Å². The smallest absolute Gasteiger partial charge is 0.124 e. The van der Waals surface area contributed by atoms with Crippen molar-refractivity contribution >= 4 is 15.9 Å². The van der Waals surface area contributed by atoms with Gasteiger partial charge < -0.3 is 4.74 Å². The average Bonchev–Trinajstić information content (AvgIpc) is 2.71. The second kappa shape index (κ2) is 2.32. The van der Waals surface area contributed by atoms with E-state index in [1.54, 1.807) is 6.20 Å². The Morgan fingerprint density at radius 3 is 3.10 bits per heavy atom. The fourth-order valence-electron chi connectivity index (χ4n) is 0.841. The number of nitrogens with zero attached hydrogens (tertiary/aromatic N) is 1. The number of rotatable bonds is 1. The molecule has 1 saturated heterocycles. The van der Waals surface area contributed by atoms with Crippen LogP contribution in [-0.4, -0.2) is 11.6 Å². The van der Waals surface area contributed by atoms with Crippen LogP contribution in [0.2, 0.25) is 0 Å². The molecule has 52 valence electrons. The van der Waals surface area contributed by atoms with Gasteiger partial charge in [0.05, 0.1) is 12.3 Å². The maximum Gasteiger partial charge on any atom is 0.124 e. The molecule has 0 amide bonds. The number of halogens is 1. The van der Waals surface area contributed by atoms with Gasteiger partial charge in [0.1, 0.15) is 6.10 Å². The van der Waals surface area contributed by atoms with Crippen molar-refractivity contribution in [3.05, 3.63) is 28.5 Å². The second-order valence-corrected chi connectivity index (χ2v) is 3.05. The first-order valence-electron chi connectivity index (χ1n) is 3.10. The summed E-state index contributed by atoms with van der Waals surface area (Å²) in [6.45, 7) is 0.815. The molecule has 0 aromatic carbocycles. The van der Waals surface area contributed by atoms with Crippen LogP contribution in [0.1, 0.15) is 11.8 Å². The number of ether oxygens (including phenoxy) is 1. The minimum atomic E-state index is 0.246. The van der Waals surface area contributed by atoms with Crippen molar-refractivity contribution < 1.29 is 4.74 Å². The molecule has 1 aliphatic rings. The summed E-state index contributed by atoms with van der Waals surface area (Å²) in [5.41, 5.74) is 1.02. The van der Waals surface area contributed by atoms with Crippen molar-refractivity contribution in [2.45, 2.75) is 6.10 Å². The lowest BCUT2D eigenvalue weighted by molar-refractivity contribution is 0.410. The van der Waals surface area contributed by atoms with Gasteiger partial charge >= 0.3 is 0 Å². The van der Waals surface area contributed by atoms with Gasteiger partial charge in [-0.15, -0.1) is 0 Å². The van der Waals surface area contributed by atoms with Gasteiger partial charge in [0.15, 0.2) is 0 Å². The highest BCUT2D eigenvalue weighted by Crippen LogP contribution is 2.32. The van der Waals surface area contributed by atoms with Crippen LogP contribution < -0.4 is 0 Å². The summed E-state index contributed by atoms with van der Waals surface area (Å²) < 4.78 is 6.12. The van der Waals surface area contributed by atoms with Gasteiger partial charge in [-0.25, -0.2) is 0 Å². The molecule has 1 aliphatic heterocycles. The Balaban J connectivity index is 2.39. The van der Waals surface area contributed by atoms with Crippen LogP contribution in [0.3, 0.4) is 0 Å². The van der Waals surface area contributed by atoms with E-state index in [-0.39, 0.29) is 6.10 Å². The van der Waals surface area contributed by atoms with Crippen LogP contribution >= 0.6 is 15.9 Å². The van der Waals surface area contributed by atoms with E-state index in [2.05, 4.69) is 20.9 Å². The molecule has 0 bridgehead atoms. The lowest BCUT2D eigenvalue weighted by Crippen LogP contribution is -1.86. The second-order valence-electron chi connectivity index (χ2n) is 2.19. The SMILES string of the molecule is Brc1cccnc1[C@H]1CO1. The highest BCUT2D eigenvalue weighted by molar-refractivity contribution is 9.10. The van der Waals surface area contributed by atoms with Crippen molar-refractivity contribution in [3.63, 3.8) is 0 Å². The zero-order valence-corrected chi connectivity index (χ0v) is 6.84. The first-order chi connectivity index (χ1) is 4.88. The van der Waals surface area contributed by atoms with E-state index in [1.165, 1.54) is 0 Å². The minimum Gasteiger partial charge on any atom is -0.366 e. The third kappa shape index (κ3) is 1.07. The zero-order chi connectivity index (χ0) is 6.97. The quantitative estimate of drug-likeness (QED) is 0.647. The van der Waals surface area contributed by atoms with Gasteiger partial charge in [0, 0.05) is 10.7 Å². The molecule has 1 fully saturated rings. The van der Waals surface area contributed by atoms with Crippen molar-refractivity contribution in [1.82, 2.24) is 4.98 Å². The largest absolute Gasteiger partial charge is 0.366 e. The Morgan fingerprint density at radius 1 is 1.70 bits per heavy atom. The Bertz CT molecular complexity index is 247. The number of aromatic nitrogens is 1. The van der Waals surface area contributed by atoms with Gasteiger partial charge in [0.2, 0.25) is 0 Å². The van der Waals surface area contributed by atoms with Crippen molar-refractivity contribution in [2.75, 3.05) is 6.61 Å². The molecule has 0 radical (unpaired) electrons. The summed E-state index contributed by atoms with van der Waals surface area (Å²) in [6, 6.07) is 3.87. The number of pyridine rings is 1. The summed E-state index contributed by atoms with van der Waals surface area (Å²) in [6.07, 6.45) is 2.03. The number of epoxide rings is 1. The van der Waals surface area contributed by atoms with E-state index in [0.717, 1.165) is 16.8 Å². The molecule has 1 aromatic heterocycles. The zero-order valence-electron chi connectivity index (χ0n) is 5.25.